The van der Waals surface area contributed by atoms with Gasteiger partial charge in [-0.3, -0.25) is 0 Å². The molecule has 0 radical (unpaired) electrons. The number of hydrogen-bond acceptors (Lipinski definition) is 2. The molecule has 0 amide bonds. The lowest BCUT2D eigenvalue weighted by Crippen LogP contribution is -2.35. The zero-order chi connectivity index (χ0) is 11.8. The van der Waals surface area contributed by atoms with E-state index in [1.807, 2.05) is 18.2 Å². The summed E-state index contributed by atoms with van der Waals surface area (Å²) in [7, 11) is 0. The van der Waals surface area contributed by atoms with Crippen LogP contribution in [0.3, 0.4) is 0 Å². The first-order chi connectivity index (χ1) is 8.22. The maximum absolute atomic E-state index is 5.98. The molecule has 1 saturated heterocycles. The van der Waals surface area contributed by atoms with E-state index in [2.05, 4.69) is 22.2 Å². The second-order valence-corrected chi connectivity index (χ2v) is 5.30. The summed E-state index contributed by atoms with van der Waals surface area (Å²) in [6.45, 7) is 3.30. The van der Waals surface area contributed by atoms with Crippen molar-refractivity contribution in [3.63, 3.8) is 0 Å². The van der Waals surface area contributed by atoms with Crippen LogP contribution in [-0.4, -0.2) is 22.6 Å². The van der Waals surface area contributed by atoms with Crippen LogP contribution in [0.1, 0.15) is 31.5 Å². The first-order valence-corrected chi connectivity index (χ1v) is 6.49. The number of nitrogens with one attached hydrogen (secondary N) is 2. The smallest absolute Gasteiger partial charge is 0.110 e. The minimum atomic E-state index is 0.539. The molecule has 2 heterocycles. The normalized spacial score (nSPS) is 25.3. The Morgan fingerprint density at radius 3 is 3.12 bits per heavy atom. The average Bonchev–Trinajstić information content (AvgIpc) is 2.72. The van der Waals surface area contributed by atoms with Gasteiger partial charge in [-0.2, -0.15) is 0 Å². The van der Waals surface area contributed by atoms with Gasteiger partial charge in [0.2, 0.25) is 0 Å². The molecule has 2 atom stereocenters. The van der Waals surface area contributed by atoms with Gasteiger partial charge >= 0.3 is 0 Å². The molecule has 1 fully saturated rings. The van der Waals surface area contributed by atoms with Crippen molar-refractivity contribution in [3.8, 4) is 0 Å². The van der Waals surface area contributed by atoms with E-state index in [-0.39, 0.29) is 0 Å². The lowest BCUT2D eigenvalue weighted by Gasteiger charge is -2.26. The highest BCUT2D eigenvalue weighted by Gasteiger charge is 2.22. The first-order valence-electron chi connectivity index (χ1n) is 6.11. The molecule has 90 valence electrons. The summed E-state index contributed by atoms with van der Waals surface area (Å²) >= 11 is 5.98. The molecule has 0 aliphatic carbocycles. The van der Waals surface area contributed by atoms with Gasteiger partial charge in [0.05, 0.1) is 11.0 Å². The quantitative estimate of drug-likeness (QED) is 0.816. The van der Waals surface area contributed by atoms with Gasteiger partial charge < -0.3 is 10.3 Å². The van der Waals surface area contributed by atoms with Gasteiger partial charge in [-0.25, -0.2) is 4.98 Å². The van der Waals surface area contributed by atoms with Crippen LogP contribution in [0.25, 0.3) is 11.0 Å². The molecule has 3 nitrogen and oxygen atoms in total. The third-order valence-corrected chi connectivity index (χ3v) is 3.71. The van der Waals surface area contributed by atoms with Crippen molar-refractivity contribution in [2.24, 2.45) is 0 Å². The van der Waals surface area contributed by atoms with Crippen molar-refractivity contribution in [1.29, 1.82) is 0 Å². The Morgan fingerprint density at radius 1 is 1.41 bits per heavy atom. The molecule has 3 rings (SSSR count). The van der Waals surface area contributed by atoms with Crippen LogP contribution in [0, 0.1) is 0 Å². The number of fused-ring (bicyclic) bond motifs is 1. The molecule has 1 aromatic heterocycles. The first kappa shape index (κ1) is 11.1. The summed E-state index contributed by atoms with van der Waals surface area (Å²) < 4.78 is 0. The number of halogens is 1. The van der Waals surface area contributed by atoms with Crippen LogP contribution >= 0.6 is 11.6 Å². The third-order valence-electron chi connectivity index (χ3n) is 3.47. The second kappa shape index (κ2) is 4.31. The van der Waals surface area contributed by atoms with E-state index in [0.717, 1.165) is 41.3 Å². The Hall–Kier alpha value is -1.06. The van der Waals surface area contributed by atoms with Crippen LogP contribution in [0.4, 0.5) is 0 Å². The van der Waals surface area contributed by atoms with Gasteiger partial charge in [0, 0.05) is 17.0 Å². The average molecular weight is 250 g/mol. The van der Waals surface area contributed by atoms with Crippen LogP contribution in [0.15, 0.2) is 18.2 Å². The van der Waals surface area contributed by atoms with Crippen molar-refractivity contribution in [2.45, 2.75) is 31.7 Å². The lowest BCUT2D eigenvalue weighted by molar-refractivity contribution is 0.373. The fraction of sp³-hybridized carbons (Fsp3) is 0.462. The Morgan fingerprint density at radius 2 is 2.29 bits per heavy atom. The summed E-state index contributed by atoms with van der Waals surface area (Å²) in [5.74, 6) is 1.65. The predicted molar refractivity (Wildman–Crippen MR) is 70.5 cm³/mol. The zero-order valence-corrected chi connectivity index (χ0v) is 10.6. The van der Waals surface area contributed by atoms with Crippen LogP contribution in [-0.2, 0) is 0 Å². The largest absolute Gasteiger partial charge is 0.342 e. The van der Waals surface area contributed by atoms with Crippen LogP contribution in [0.2, 0.25) is 5.02 Å². The highest BCUT2D eigenvalue weighted by Crippen LogP contribution is 2.28. The molecule has 1 aliphatic heterocycles. The number of piperidine rings is 1. The number of rotatable bonds is 1. The summed E-state index contributed by atoms with van der Waals surface area (Å²) in [5, 5.41) is 4.22. The van der Waals surface area contributed by atoms with Crippen LogP contribution < -0.4 is 5.32 Å². The molecule has 0 spiro atoms. The Kier molecular flexibility index (Phi) is 2.81. The molecule has 17 heavy (non-hydrogen) atoms. The highest BCUT2D eigenvalue weighted by molar-refractivity contribution is 6.31. The molecule has 2 aromatic rings. The number of hydrogen-bond donors (Lipinski definition) is 2. The standard InChI is InChI=1S/C13H16ClN3/c1-8-6-9(4-5-15-8)13-16-11-3-2-10(14)7-12(11)17-13/h2-3,7-9,15H,4-6H2,1H3,(H,16,17). The van der Waals surface area contributed by atoms with Gasteiger partial charge in [0.15, 0.2) is 0 Å². The van der Waals surface area contributed by atoms with E-state index in [1.165, 1.54) is 0 Å². The van der Waals surface area contributed by atoms with Gasteiger partial charge in [-0.05, 0) is 44.5 Å². The van der Waals surface area contributed by atoms with Gasteiger partial charge in [-0.15, -0.1) is 0 Å². The molecule has 2 unspecified atom stereocenters. The molecular formula is C13H16ClN3. The molecule has 1 aliphatic rings. The predicted octanol–water partition coefficient (Wildman–Crippen LogP) is 3.07. The zero-order valence-electron chi connectivity index (χ0n) is 9.83. The topological polar surface area (TPSA) is 40.7 Å². The van der Waals surface area contributed by atoms with Gasteiger partial charge in [0.1, 0.15) is 5.82 Å². The van der Waals surface area contributed by atoms with E-state index in [0.29, 0.717) is 12.0 Å². The molecule has 0 bridgehead atoms. The summed E-state index contributed by atoms with van der Waals surface area (Å²) in [4.78, 5) is 8.07. The maximum Gasteiger partial charge on any atom is 0.110 e. The number of imidazole rings is 1. The highest BCUT2D eigenvalue weighted by atomic mass is 35.5. The summed E-state index contributed by atoms with van der Waals surface area (Å²) in [6.07, 6.45) is 2.30. The minimum Gasteiger partial charge on any atom is -0.342 e. The summed E-state index contributed by atoms with van der Waals surface area (Å²) in [5.41, 5.74) is 2.05. The Bertz CT molecular complexity index is 534. The Balaban J connectivity index is 1.94. The van der Waals surface area contributed by atoms with Crippen molar-refractivity contribution in [2.75, 3.05) is 6.54 Å². The number of benzene rings is 1. The van der Waals surface area contributed by atoms with Gasteiger partial charge in [0.25, 0.3) is 0 Å². The van der Waals surface area contributed by atoms with E-state index in [9.17, 15) is 0 Å². The van der Waals surface area contributed by atoms with Crippen molar-refractivity contribution in [1.82, 2.24) is 15.3 Å². The maximum atomic E-state index is 5.98. The van der Waals surface area contributed by atoms with E-state index < -0.39 is 0 Å². The van der Waals surface area contributed by atoms with E-state index in [1.54, 1.807) is 0 Å². The molecular weight excluding hydrogens is 234 g/mol. The van der Waals surface area contributed by atoms with Crippen molar-refractivity contribution >= 4 is 22.6 Å². The molecule has 1 aromatic carbocycles. The monoisotopic (exact) mass is 249 g/mol. The van der Waals surface area contributed by atoms with E-state index >= 15 is 0 Å². The number of aromatic amines is 1. The number of nitrogens with zero attached hydrogens (tertiary/aromatic N) is 1. The minimum absolute atomic E-state index is 0.539. The molecule has 4 heteroatoms. The van der Waals surface area contributed by atoms with Crippen molar-refractivity contribution in [3.05, 3.63) is 29.0 Å². The summed E-state index contributed by atoms with van der Waals surface area (Å²) in [6, 6.07) is 6.38. The fourth-order valence-electron chi connectivity index (χ4n) is 2.58. The third kappa shape index (κ3) is 2.17. The van der Waals surface area contributed by atoms with E-state index in [4.69, 9.17) is 11.6 Å². The second-order valence-electron chi connectivity index (χ2n) is 4.86. The number of aromatic nitrogens is 2. The molecule has 0 saturated carbocycles. The molecule has 2 N–H and O–H groups in total. The SMILES string of the molecule is CC1CC(c2nc3ccc(Cl)cc3[nH]2)CCN1. The number of H-pyrrole nitrogens is 1. The van der Waals surface area contributed by atoms with Gasteiger partial charge in [-0.1, -0.05) is 11.6 Å². The van der Waals surface area contributed by atoms with Crippen molar-refractivity contribution < 1.29 is 0 Å². The Labute approximate surface area is 106 Å². The fourth-order valence-corrected chi connectivity index (χ4v) is 2.75. The van der Waals surface area contributed by atoms with Crippen LogP contribution in [0.5, 0.6) is 0 Å². The lowest BCUT2D eigenvalue weighted by atomic mass is 9.93.